The summed E-state index contributed by atoms with van der Waals surface area (Å²) in [6.45, 7) is 12.0. The van der Waals surface area contributed by atoms with Crippen molar-refractivity contribution in [3.05, 3.63) is 29.8 Å². The van der Waals surface area contributed by atoms with Gasteiger partial charge in [-0.25, -0.2) is 9.59 Å². The van der Waals surface area contributed by atoms with Gasteiger partial charge in [-0.3, -0.25) is 9.08 Å². The number of rotatable bonds is 4. The molecular formula is C21H31NO7S. The first-order chi connectivity index (χ1) is 13.6. The van der Waals surface area contributed by atoms with E-state index in [2.05, 4.69) is 0 Å². The Morgan fingerprint density at radius 2 is 1.50 bits per heavy atom. The summed E-state index contributed by atoms with van der Waals surface area (Å²) in [5.41, 5.74) is -0.623. The third-order valence-electron chi connectivity index (χ3n) is 4.14. The van der Waals surface area contributed by atoms with Gasteiger partial charge in [0.25, 0.3) is 10.1 Å². The molecule has 1 aliphatic heterocycles. The molecule has 1 heterocycles. The number of aryl methyl sites for hydroxylation is 1. The van der Waals surface area contributed by atoms with E-state index < -0.39 is 45.5 Å². The molecule has 0 N–H and O–H groups in total. The molecule has 9 heteroatoms. The highest BCUT2D eigenvalue weighted by molar-refractivity contribution is 7.86. The fourth-order valence-electron chi connectivity index (χ4n) is 2.92. The Bertz CT molecular complexity index is 843. The Kier molecular flexibility index (Phi) is 6.88. The van der Waals surface area contributed by atoms with Crippen LogP contribution in [-0.2, 0) is 28.6 Å². The Labute approximate surface area is 178 Å². The van der Waals surface area contributed by atoms with Crippen LogP contribution >= 0.6 is 0 Å². The third kappa shape index (κ3) is 6.70. The van der Waals surface area contributed by atoms with Gasteiger partial charge < -0.3 is 9.47 Å². The van der Waals surface area contributed by atoms with E-state index in [-0.39, 0.29) is 17.9 Å². The maximum Gasteiger partial charge on any atom is 0.411 e. The van der Waals surface area contributed by atoms with Crippen LogP contribution < -0.4 is 0 Å². The molecule has 1 aromatic rings. The van der Waals surface area contributed by atoms with Crippen LogP contribution in [0.4, 0.5) is 4.79 Å². The fourth-order valence-corrected chi connectivity index (χ4v) is 4.00. The quantitative estimate of drug-likeness (QED) is 0.521. The molecule has 0 bridgehead atoms. The van der Waals surface area contributed by atoms with Crippen LogP contribution in [-0.4, -0.2) is 55.3 Å². The first-order valence-electron chi connectivity index (χ1n) is 9.80. The van der Waals surface area contributed by atoms with Crippen molar-refractivity contribution in [1.82, 2.24) is 4.90 Å². The summed E-state index contributed by atoms with van der Waals surface area (Å²) in [6, 6.07) is 5.24. The summed E-state index contributed by atoms with van der Waals surface area (Å²) in [6.07, 6.45) is -1.64. The largest absolute Gasteiger partial charge is 0.458 e. The molecule has 1 saturated heterocycles. The number of likely N-dealkylation sites (tertiary alicyclic amines) is 1. The monoisotopic (exact) mass is 441 g/mol. The van der Waals surface area contributed by atoms with Gasteiger partial charge in [0.1, 0.15) is 17.2 Å². The zero-order chi connectivity index (χ0) is 22.9. The zero-order valence-corrected chi connectivity index (χ0v) is 19.4. The van der Waals surface area contributed by atoms with Crippen molar-refractivity contribution >= 4 is 22.2 Å². The van der Waals surface area contributed by atoms with Crippen LogP contribution in [0.3, 0.4) is 0 Å². The summed E-state index contributed by atoms with van der Waals surface area (Å²) in [5.74, 6) is -0.632. The Balaban J connectivity index is 2.23. The molecule has 0 saturated carbocycles. The standard InChI is InChI=1S/C21H31NO7S/c1-14-8-10-16(11-9-14)30(25,26)29-15-12-17(18(23)27-20(2,3)4)22(13-15)19(24)28-21(5,6)7/h8-11,15,17H,12-13H2,1-7H3. The molecule has 168 valence electrons. The maximum atomic E-state index is 12.7. The second-order valence-corrected chi connectivity index (χ2v) is 11.0. The van der Waals surface area contributed by atoms with Crippen LogP contribution in [0.5, 0.6) is 0 Å². The van der Waals surface area contributed by atoms with E-state index >= 15 is 0 Å². The second-order valence-electron chi connectivity index (χ2n) is 9.40. The number of amides is 1. The van der Waals surface area contributed by atoms with Crippen LogP contribution in [0.15, 0.2) is 29.2 Å². The van der Waals surface area contributed by atoms with E-state index in [4.69, 9.17) is 13.7 Å². The Hall–Kier alpha value is -2.13. The van der Waals surface area contributed by atoms with Crippen molar-refractivity contribution in [2.24, 2.45) is 0 Å². The lowest BCUT2D eigenvalue weighted by atomic mass is 10.1. The van der Waals surface area contributed by atoms with Crippen molar-refractivity contribution in [1.29, 1.82) is 0 Å². The molecule has 0 aliphatic carbocycles. The molecule has 1 fully saturated rings. The van der Waals surface area contributed by atoms with Crippen molar-refractivity contribution in [3.8, 4) is 0 Å². The highest BCUT2D eigenvalue weighted by Crippen LogP contribution is 2.28. The average Bonchev–Trinajstić information content (AvgIpc) is 2.95. The number of ether oxygens (including phenoxy) is 2. The predicted molar refractivity (Wildman–Crippen MR) is 110 cm³/mol. The first-order valence-corrected chi connectivity index (χ1v) is 11.2. The van der Waals surface area contributed by atoms with E-state index in [0.717, 1.165) is 5.56 Å². The molecule has 2 unspecified atom stereocenters. The third-order valence-corrected chi connectivity index (χ3v) is 5.52. The topological polar surface area (TPSA) is 99.2 Å². The molecule has 8 nitrogen and oxygen atoms in total. The molecule has 0 spiro atoms. The van der Waals surface area contributed by atoms with Gasteiger partial charge in [-0.15, -0.1) is 0 Å². The van der Waals surface area contributed by atoms with Crippen LogP contribution in [0.25, 0.3) is 0 Å². The van der Waals surface area contributed by atoms with Crippen molar-refractivity contribution in [2.45, 2.75) is 83.1 Å². The molecule has 0 radical (unpaired) electrons. The predicted octanol–water partition coefficient (Wildman–Crippen LogP) is 3.42. The summed E-state index contributed by atoms with van der Waals surface area (Å²) in [5, 5.41) is 0. The number of hydrogen-bond acceptors (Lipinski definition) is 7. The summed E-state index contributed by atoms with van der Waals surface area (Å²) >= 11 is 0. The molecule has 1 amide bonds. The number of carbonyl (C=O) groups is 2. The van der Waals surface area contributed by atoms with Crippen LogP contribution in [0, 0.1) is 6.92 Å². The molecule has 1 aromatic carbocycles. The van der Waals surface area contributed by atoms with Gasteiger partial charge in [-0.1, -0.05) is 17.7 Å². The maximum absolute atomic E-state index is 12.7. The minimum absolute atomic E-state index is 0.0117. The molecule has 0 aromatic heterocycles. The second kappa shape index (κ2) is 8.55. The van der Waals surface area contributed by atoms with E-state index in [9.17, 15) is 18.0 Å². The van der Waals surface area contributed by atoms with Crippen molar-refractivity contribution in [3.63, 3.8) is 0 Å². The van der Waals surface area contributed by atoms with E-state index in [1.165, 1.54) is 17.0 Å². The minimum atomic E-state index is -4.06. The smallest absolute Gasteiger partial charge is 0.411 e. The van der Waals surface area contributed by atoms with Gasteiger partial charge in [-0.05, 0) is 60.6 Å². The molecule has 2 rings (SSSR count). The van der Waals surface area contributed by atoms with E-state index in [1.54, 1.807) is 53.7 Å². The lowest BCUT2D eigenvalue weighted by Gasteiger charge is -2.29. The number of nitrogens with zero attached hydrogens (tertiary/aromatic N) is 1. The van der Waals surface area contributed by atoms with Crippen LogP contribution in [0.1, 0.15) is 53.5 Å². The highest BCUT2D eigenvalue weighted by Gasteiger charge is 2.45. The lowest BCUT2D eigenvalue weighted by Crippen LogP contribution is -2.45. The van der Waals surface area contributed by atoms with E-state index in [0.29, 0.717) is 0 Å². The Morgan fingerprint density at radius 3 is 2.00 bits per heavy atom. The minimum Gasteiger partial charge on any atom is -0.458 e. The van der Waals surface area contributed by atoms with Gasteiger partial charge in [0.15, 0.2) is 0 Å². The normalized spacial score (nSPS) is 20.2. The molecule has 30 heavy (non-hydrogen) atoms. The Morgan fingerprint density at radius 1 is 0.967 bits per heavy atom. The summed E-state index contributed by atoms with van der Waals surface area (Å²) in [4.78, 5) is 26.5. The zero-order valence-electron chi connectivity index (χ0n) is 18.6. The van der Waals surface area contributed by atoms with Gasteiger partial charge in [0.2, 0.25) is 0 Å². The fraction of sp³-hybridized carbons (Fsp3) is 0.619. The van der Waals surface area contributed by atoms with Crippen LogP contribution in [0.2, 0.25) is 0 Å². The number of esters is 1. The number of benzene rings is 1. The highest BCUT2D eigenvalue weighted by atomic mass is 32.2. The average molecular weight is 442 g/mol. The summed E-state index contributed by atoms with van der Waals surface area (Å²) in [7, 11) is -4.06. The summed E-state index contributed by atoms with van der Waals surface area (Å²) < 4.78 is 41.4. The van der Waals surface area contributed by atoms with Gasteiger partial charge in [-0.2, -0.15) is 8.42 Å². The van der Waals surface area contributed by atoms with Gasteiger partial charge in [0.05, 0.1) is 17.5 Å². The molecule has 1 aliphatic rings. The lowest BCUT2D eigenvalue weighted by molar-refractivity contribution is -0.160. The van der Waals surface area contributed by atoms with E-state index in [1.807, 2.05) is 6.92 Å². The molecular weight excluding hydrogens is 410 g/mol. The van der Waals surface area contributed by atoms with Gasteiger partial charge >= 0.3 is 12.1 Å². The van der Waals surface area contributed by atoms with Gasteiger partial charge in [0, 0.05) is 6.42 Å². The molecule has 2 atom stereocenters. The SMILES string of the molecule is Cc1ccc(S(=O)(=O)OC2CC(C(=O)OC(C)(C)C)N(C(=O)OC(C)(C)C)C2)cc1. The number of carbonyl (C=O) groups excluding carboxylic acids is 2. The van der Waals surface area contributed by atoms with Crippen molar-refractivity contribution < 1.29 is 31.7 Å². The van der Waals surface area contributed by atoms with Crippen molar-refractivity contribution in [2.75, 3.05) is 6.54 Å². The number of hydrogen-bond donors (Lipinski definition) is 0. The first kappa shape index (κ1) is 24.1.